The Labute approximate surface area is 332 Å². The van der Waals surface area contributed by atoms with Crippen molar-refractivity contribution in [3.63, 3.8) is 0 Å². The van der Waals surface area contributed by atoms with E-state index in [0.29, 0.717) is 30.8 Å². The molecule has 8 rings (SSSR count). The van der Waals surface area contributed by atoms with E-state index in [9.17, 15) is 19.5 Å². The van der Waals surface area contributed by atoms with E-state index in [4.69, 9.17) is 15.0 Å². The lowest BCUT2D eigenvalue weighted by atomic mass is 9.81. The van der Waals surface area contributed by atoms with Gasteiger partial charge in [0.15, 0.2) is 0 Å². The van der Waals surface area contributed by atoms with Crippen LogP contribution in [0.1, 0.15) is 112 Å². The van der Waals surface area contributed by atoms with Crippen LogP contribution in [-0.2, 0) is 35.2 Å². The van der Waals surface area contributed by atoms with E-state index >= 15 is 0 Å². The topological polar surface area (TPSA) is 172 Å². The molecule has 5 aliphatic rings. The van der Waals surface area contributed by atoms with E-state index in [1.807, 2.05) is 0 Å². The minimum absolute atomic E-state index is 0.0614. The third kappa shape index (κ3) is 7.95. The van der Waals surface area contributed by atoms with Gasteiger partial charge < -0.3 is 34.9 Å². The minimum atomic E-state index is -1.28. The molecule has 5 heterocycles. The summed E-state index contributed by atoms with van der Waals surface area (Å²) in [5, 5.41) is 24.5. The van der Waals surface area contributed by atoms with Crippen LogP contribution in [0.15, 0.2) is 35.4 Å². The number of amides is 2. The number of rotatable bonds is 16. The molecule has 298 valence electrons. The van der Waals surface area contributed by atoms with Crippen molar-refractivity contribution in [1.29, 1.82) is 0 Å². The largest absolute Gasteiger partial charge is 0.545 e. The summed E-state index contributed by atoms with van der Waals surface area (Å²) in [7, 11) is 0. The first-order valence-corrected chi connectivity index (χ1v) is 20.8. The number of nitrogens with zero attached hydrogens (tertiary/aromatic N) is 5. The first-order valence-electron chi connectivity index (χ1n) is 20.8. The number of carboxylic acids is 1. The highest BCUT2D eigenvalue weighted by Gasteiger charge is 2.36. The van der Waals surface area contributed by atoms with Gasteiger partial charge in [-0.3, -0.25) is 9.59 Å². The fourth-order valence-electron chi connectivity index (χ4n) is 9.51. The van der Waals surface area contributed by atoms with Gasteiger partial charge in [-0.2, -0.15) is 0 Å². The van der Waals surface area contributed by atoms with Gasteiger partial charge in [0.25, 0.3) is 5.91 Å². The molecule has 0 atom stereocenters. The van der Waals surface area contributed by atoms with Crippen LogP contribution >= 0.6 is 0 Å². The van der Waals surface area contributed by atoms with Crippen molar-refractivity contribution in [2.24, 2.45) is 5.11 Å². The summed E-state index contributed by atoms with van der Waals surface area (Å²) in [6, 6.07) is 9.34. The molecule has 0 spiro atoms. The van der Waals surface area contributed by atoms with Crippen LogP contribution in [0.2, 0.25) is 0 Å². The Morgan fingerprint density at radius 3 is 2.42 bits per heavy atom. The fraction of sp³-hybridized carbons (Fsp3) is 0.500. The second-order valence-electron chi connectivity index (χ2n) is 15.7. The van der Waals surface area contributed by atoms with Crippen molar-refractivity contribution in [2.75, 3.05) is 63.9 Å². The highest BCUT2D eigenvalue weighted by Crippen LogP contribution is 2.48. The standard InChI is InChI=1S/C44H51N7O6/c45-49-48-18-24-56-23-15-37(52)46-16-3-1-2-4-17-47-43(53)30-13-14-31(44(54)55)34(27-30)38-35-25-28-9-5-19-50-21-7-11-32(39(28)50)41(35)57-42-33-12-8-22-51-20-6-10-29(40(33)51)26-36(38)42/h13-14,25-27H,1-12,15-24H2,(H2-,46,47,52,53,54,55). The molecule has 0 bridgehead atoms. The number of nitrogens with one attached hydrogen (secondary N) is 2. The molecule has 0 unspecified atom stereocenters. The van der Waals surface area contributed by atoms with Crippen molar-refractivity contribution in [2.45, 2.75) is 83.5 Å². The van der Waals surface area contributed by atoms with Gasteiger partial charge in [-0.1, -0.05) is 24.0 Å². The lowest BCUT2D eigenvalue weighted by Crippen LogP contribution is -2.45. The molecule has 3 aromatic rings. The molecule has 0 radical (unpaired) electrons. The maximum atomic E-state index is 13.7. The number of aromatic carboxylic acids is 1. The molecule has 0 saturated carbocycles. The Morgan fingerprint density at radius 2 is 1.61 bits per heavy atom. The number of ether oxygens (including phenoxy) is 2. The molecule has 0 saturated heterocycles. The van der Waals surface area contributed by atoms with Gasteiger partial charge in [0.1, 0.15) is 24.6 Å². The van der Waals surface area contributed by atoms with E-state index in [-0.39, 0.29) is 37.0 Å². The minimum Gasteiger partial charge on any atom is -0.545 e. The predicted molar refractivity (Wildman–Crippen MR) is 214 cm³/mol. The SMILES string of the molecule is [N-]=[N+]=NCCOCCC(=O)NCCCCCCNC(=O)c1ccc(C(=O)[O-])c(C2=c3cc4c5c(c3Oc3c2cc2c6c3CCCN6CCC2)CCC[N+]=5CCC4)c1. The smallest absolute Gasteiger partial charge is 0.251 e. The molecule has 5 aliphatic heterocycles. The van der Waals surface area contributed by atoms with Crippen LogP contribution in [-0.4, -0.2) is 76.8 Å². The summed E-state index contributed by atoms with van der Waals surface area (Å²) in [6.45, 7) is 5.99. The third-order valence-corrected chi connectivity index (χ3v) is 12.0. The zero-order valence-corrected chi connectivity index (χ0v) is 32.6. The van der Waals surface area contributed by atoms with Crippen LogP contribution in [0, 0.1) is 0 Å². The molecular formula is C44H51N7O6. The molecule has 0 aromatic heterocycles. The first-order chi connectivity index (χ1) is 27.9. The van der Waals surface area contributed by atoms with E-state index in [1.165, 1.54) is 39.4 Å². The van der Waals surface area contributed by atoms with E-state index < -0.39 is 5.97 Å². The Morgan fingerprint density at radius 1 is 0.860 bits per heavy atom. The summed E-state index contributed by atoms with van der Waals surface area (Å²) in [5.74, 6) is 0.0525. The Hall–Kier alpha value is -5.39. The van der Waals surface area contributed by atoms with Crippen molar-refractivity contribution < 1.29 is 29.0 Å². The van der Waals surface area contributed by atoms with E-state index in [2.05, 4.69) is 42.3 Å². The average molecular weight is 774 g/mol. The van der Waals surface area contributed by atoms with Crippen molar-refractivity contribution in [3.05, 3.63) is 95.9 Å². The number of unbranched alkanes of at least 4 members (excludes halogenated alkanes) is 3. The van der Waals surface area contributed by atoms with Crippen molar-refractivity contribution in [3.8, 4) is 11.5 Å². The van der Waals surface area contributed by atoms with Gasteiger partial charge in [0.2, 0.25) is 11.3 Å². The lowest BCUT2D eigenvalue weighted by molar-refractivity contribution is -0.255. The summed E-state index contributed by atoms with van der Waals surface area (Å²) < 4.78 is 14.9. The quantitative estimate of drug-likeness (QED) is 0.0576. The molecule has 13 nitrogen and oxygen atoms in total. The second-order valence-corrected chi connectivity index (χ2v) is 15.7. The molecule has 3 aromatic carbocycles. The summed E-state index contributed by atoms with van der Waals surface area (Å²) in [5.41, 5.74) is 17.2. The number of hydrogen-bond donors (Lipinski definition) is 2. The number of hydrogen-bond acceptors (Lipinski definition) is 8. The predicted octanol–water partition coefficient (Wildman–Crippen LogP) is 3.61. The van der Waals surface area contributed by atoms with Gasteiger partial charge in [-0.05, 0) is 92.3 Å². The highest BCUT2D eigenvalue weighted by atomic mass is 16.5. The number of fused-ring (bicyclic) bond motifs is 4. The number of carbonyl (C=O) groups is 3. The summed E-state index contributed by atoms with van der Waals surface area (Å²) in [4.78, 5) is 43.8. The number of aryl methyl sites for hydroxylation is 2. The number of carboxylic acid groups (broad SMARTS) is 1. The van der Waals surface area contributed by atoms with Gasteiger partial charge in [-0.25, -0.2) is 4.58 Å². The summed E-state index contributed by atoms with van der Waals surface area (Å²) >= 11 is 0. The maximum absolute atomic E-state index is 13.7. The van der Waals surface area contributed by atoms with Crippen LogP contribution in [0.25, 0.3) is 16.0 Å². The van der Waals surface area contributed by atoms with Crippen LogP contribution in [0.4, 0.5) is 5.69 Å². The van der Waals surface area contributed by atoms with E-state index in [0.717, 1.165) is 131 Å². The van der Waals surface area contributed by atoms with Gasteiger partial charge in [0, 0.05) is 101 Å². The molecule has 0 fully saturated rings. The number of carbonyl (C=O) groups excluding carboxylic acids is 3. The zero-order valence-electron chi connectivity index (χ0n) is 32.6. The molecular weight excluding hydrogens is 723 g/mol. The van der Waals surface area contributed by atoms with Crippen LogP contribution in [0.3, 0.4) is 0 Å². The van der Waals surface area contributed by atoms with E-state index in [1.54, 1.807) is 12.1 Å². The van der Waals surface area contributed by atoms with Gasteiger partial charge in [-0.15, -0.1) is 0 Å². The molecule has 13 heteroatoms. The number of azide groups is 1. The Kier molecular flexibility index (Phi) is 11.7. The molecule has 57 heavy (non-hydrogen) atoms. The lowest BCUT2D eigenvalue weighted by Gasteiger charge is -2.39. The van der Waals surface area contributed by atoms with Crippen LogP contribution in [0.5, 0.6) is 11.5 Å². The third-order valence-electron chi connectivity index (χ3n) is 12.0. The Bertz CT molecular complexity index is 2270. The highest BCUT2D eigenvalue weighted by molar-refractivity contribution is 6.02. The maximum Gasteiger partial charge on any atom is 0.251 e. The fourth-order valence-corrected chi connectivity index (χ4v) is 9.51. The molecule has 2 N–H and O–H groups in total. The number of anilines is 1. The average Bonchev–Trinajstić information content (AvgIpc) is 3.22. The molecule has 0 aliphatic carbocycles. The monoisotopic (exact) mass is 773 g/mol. The normalized spacial score (nSPS) is 16.0. The zero-order chi connectivity index (χ0) is 39.3. The molecule has 2 amide bonds. The number of benzene rings is 3. The van der Waals surface area contributed by atoms with Crippen molar-refractivity contribution >= 4 is 29.0 Å². The second kappa shape index (κ2) is 17.4. The van der Waals surface area contributed by atoms with Gasteiger partial charge >= 0.3 is 0 Å². The summed E-state index contributed by atoms with van der Waals surface area (Å²) in [6.07, 6.45) is 11.6. The Balaban J connectivity index is 1.04. The first kappa shape index (κ1) is 38.5. The van der Waals surface area contributed by atoms with Crippen LogP contribution < -0.4 is 40.5 Å². The van der Waals surface area contributed by atoms with Crippen molar-refractivity contribution in [1.82, 2.24) is 15.2 Å². The van der Waals surface area contributed by atoms with Gasteiger partial charge in [0.05, 0.1) is 24.7 Å².